The SMILES string of the molecule is CC(=O)NC(=O)[C@H](CSSC[C@H](N)C(=O)O)NC(C)=O. The molecule has 0 aliphatic carbocycles. The standard InChI is InChI=1S/C10H17N3O5S2/c1-5(14)12-8(9(16)13-6(2)15)4-20-19-3-7(11)10(17)18/h7-8H,3-4,11H2,1-2H3,(H,12,14)(H,17,18)(H,13,15,16)/t7-,8-/m0/s1. The Morgan fingerprint density at radius 2 is 1.65 bits per heavy atom. The van der Waals surface area contributed by atoms with Crippen LogP contribution >= 0.6 is 21.6 Å². The lowest BCUT2D eigenvalue weighted by Crippen LogP contribution is -2.48. The Morgan fingerprint density at radius 1 is 1.10 bits per heavy atom. The molecular weight excluding hydrogens is 306 g/mol. The van der Waals surface area contributed by atoms with E-state index in [2.05, 4.69) is 10.6 Å². The largest absolute Gasteiger partial charge is 0.480 e. The Bertz CT molecular complexity index is 391. The van der Waals surface area contributed by atoms with E-state index in [1.807, 2.05) is 0 Å². The van der Waals surface area contributed by atoms with E-state index in [9.17, 15) is 19.2 Å². The summed E-state index contributed by atoms with van der Waals surface area (Å²) in [5, 5.41) is 13.1. The van der Waals surface area contributed by atoms with Crippen LogP contribution in [0.25, 0.3) is 0 Å². The van der Waals surface area contributed by atoms with Gasteiger partial charge in [0.05, 0.1) is 0 Å². The number of imide groups is 1. The van der Waals surface area contributed by atoms with Crippen LogP contribution in [0.2, 0.25) is 0 Å². The van der Waals surface area contributed by atoms with Crippen molar-refractivity contribution in [3.63, 3.8) is 0 Å². The van der Waals surface area contributed by atoms with Gasteiger partial charge in [-0.05, 0) is 0 Å². The quantitative estimate of drug-likeness (QED) is 0.328. The summed E-state index contributed by atoms with van der Waals surface area (Å²) < 4.78 is 0. The summed E-state index contributed by atoms with van der Waals surface area (Å²) in [6, 6.07) is -1.85. The van der Waals surface area contributed by atoms with Gasteiger partial charge in [-0.15, -0.1) is 0 Å². The molecule has 0 fully saturated rings. The first-order valence-electron chi connectivity index (χ1n) is 5.55. The van der Waals surface area contributed by atoms with Gasteiger partial charge in [0.1, 0.15) is 12.1 Å². The zero-order valence-electron chi connectivity index (χ0n) is 11.0. The molecular formula is C10H17N3O5S2. The van der Waals surface area contributed by atoms with Crippen molar-refractivity contribution in [1.82, 2.24) is 10.6 Å². The number of nitrogens with two attached hydrogens (primary N) is 1. The van der Waals surface area contributed by atoms with Crippen LogP contribution in [0, 0.1) is 0 Å². The van der Waals surface area contributed by atoms with Crippen LogP contribution < -0.4 is 16.4 Å². The first-order chi connectivity index (χ1) is 9.23. The van der Waals surface area contributed by atoms with Crippen LogP contribution in [0.4, 0.5) is 0 Å². The van der Waals surface area contributed by atoms with Crippen molar-refractivity contribution in [2.75, 3.05) is 11.5 Å². The van der Waals surface area contributed by atoms with Gasteiger partial charge in [0, 0.05) is 25.4 Å². The van der Waals surface area contributed by atoms with Crippen LogP contribution in [-0.4, -0.2) is 52.4 Å². The lowest BCUT2D eigenvalue weighted by atomic mass is 10.3. The average molecular weight is 323 g/mol. The van der Waals surface area contributed by atoms with Gasteiger partial charge in [-0.3, -0.25) is 24.5 Å². The molecule has 2 atom stereocenters. The molecule has 0 saturated carbocycles. The molecule has 0 spiro atoms. The molecule has 20 heavy (non-hydrogen) atoms. The summed E-state index contributed by atoms with van der Waals surface area (Å²) in [6.07, 6.45) is 0. The minimum atomic E-state index is -1.11. The van der Waals surface area contributed by atoms with E-state index in [1.165, 1.54) is 35.4 Å². The van der Waals surface area contributed by atoms with Gasteiger partial charge in [-0.2, -0.15) is 0 Å². The maximum atomic E-state index is 11.6. The number of rotatable bonds is 8. The smallest absolute Gasteiger partial charge is 0.321 e. The van der Waals surface area contributed by atoms with Crippen LogP contribution in [0.15, 0.2) is 0 Å². The minimum absolute atomic E-state index is 0.168. The van der Waals surface area contributed by atoms with Gasteiger partial charge in [0.2, 0.25) is 17.7 Å². The fraction of sp³-hybridized carbons (Fsp3) is 0.600. The summed E-state index contributed by atoms with van der Waals surface area (Å²) >= 11 is 0. The molecule has 5 N–H and O–H groups in total. The van der Waals surface area contributed by atoms with E-state index in [1.54, 1.807) is 0 Å². The number of carbonyl (C=O) groups is 4. The zero-order chi connectivity index (χ0) is 15.7. The third-order valence-corrected chi connectivity index (χ3v) is 4.32. The Hall–Kier alpha value is -1.26. The molecule has 0 aromatic rings. The van der Waals surface area contributed by atoms with Crippen molar-refractivity contribution in [1.29, 1.82) is 0 Å². The Morgan fingerprint density at radius 3 is 2.10 bits per heavy atom. The second-order valence-electron chi connectivity index (χ2n) is 3.81. The molecule has 3 amide bonds. The van der Waals surface area contributed by atoms with Gasteiger partial charge in [0.15, 0.2) is 0 Å². The van der Waals surface area contributed by atoms with E-state index in [-0.39, 0.29) is 11.5 Å². The molecule has 0 aliphatic heterocycles. The maximum absolute atomic E-state index is 11.6. The molecule has 0 aromatic carbocycles. The number of amides is 3. The minimum Gasteiger partial charge on any atom is -0.480 e. The monoisotopic (exact) mass is 323 g/mol. The number of hydrogen-bond donors (Lipinski definition) is 4. The number of hydrogen-bond acceptors (Lipinski definition) is 7. The van der Waals surface area contributed by atoms with Crippen molar-refractivity contribution < 1.29 is 24.3 Å². The fourth-order valence-electron chi connectivity index (χ4n) is 0.998. The normalized spacial score (nSPS) is 13.2. The van der Waals surface area contributed by atoms with Gasteiger partial charge in [0.25, 0.3) is 0 Å². The molecule has 114 valence electrons. The predicted molar refractivity (Wildman–Crippen MR) is 77.0 cm³/mol. The molecule has 0 bridgehead atoms. The summed E-state index contributed by atoms with van der Waals surface area (Å²) in [7, 11) is 2.37. The molecule has 0 rings (SSSR count). The third-order valence-electron chi connectivity index (χ3n) is 1.88. The zero-order valence-corrected chi connectivity index (χ0v) is 12.7. The van der Waals surface area contributed by atoms with Crippen LogP contribution in [0.1, 0.15) is 13.8 Å². The lowest BCUT2D eigenvalue weighted by molar-refractivity contribution is -0.138. The highest BCUT2D eigenvalue weighted by Crippen LogP contribution is 2.22. The second-order valence-corrected chi connectivity index (χ2v) is 6.36. The molecule has 0 saturated heterocycles. The van der Waals surface area contributed by atoms with Crippen molar-refractivity contribution in [3.05, 3.63) is 0 Å². The number of carboxylic acids is 1. The van der Waals surface area contributed by atoms with Crippen LogP contribution in [0.5, 0.6) is 0 Å². The predicted octanol–water partition coefficient (Wildman–Crippen LogP) is -1.05. The first-order valence-corrected chi connectivity index (χ1v) is 8.04. The summed E-state index contributed by atoms with van der Waals surface area (Å²) in [5.41, 5.74) is 5.31. The summed E-state index contributed by atoms with van der Waals surface area (Å²) in [5.74, 6) is -2.27. The highest BCUT2D eigenvalue weighted by atomic mass is 33.1. The number of carbonyl (C=O) groups excluding carboxylic acids is 3. The van der Waals surface area contributed by atoms with E-state index in [4.69, 9.17) is 10.8 Å². The topological polar surface area (TPSA) is 139 Å². The van der Waals surface area contributed by atoms with Crippen LogP contribution in [0.3, 0.4) is 0 Å². The molecule has 0 aliphatic rings. The molecule has 10 heteroatoms. The first kappa shape index (κ1) is 18.7. The second kappa shape index (κ2) is 9.61. The lowest BCUT2D eigenvalue weighted by Gasteiger charge is -2.16. The van der Waals surface area contributed by atoms with E-state index in [0.717, 1.165) is 0 Å². The highest BCUT2D eigenvalue weighted by molar-refractivity contribution is 8.76. The Balaban J connectivity index is 4.23. The van der Waals surface area contributed by atoms with Crippen LogP contribution in [-0.2, 0) is 19.2 Å². The van der Waals surface area contributed by atoms with Crippen molar-refractivity contribution in [3.8, 4) is 0 Å². The van der Waals surface area contributed by atoms with Gasteiger partial charge < -0.3 is 16.2 Å². The van der Waals surface area contributed by atoms with E-state index >= 15 is 0 Å². The maximum Gasteiger partial charge on any atom is 0.321 e. The molecule has 0 heterocycles. The number of aliphatic carboxylic acids is 1. The highest BCUT2D eigenvalue weighted by Gasteiger charge is 2.21. The Labute approximate surface area is 124 Å². The van der Waals surface area contributed by atoms with Crippen molar-refractivity contribution in [2.45, 2.75) is 25.9 Å². The van der Waals surface area contributed by atoms with Gasteiger partial charge in [-0.25, -0.2) is 0 Å². The molecule has 0 unspecified atom stereocenters. The van der Waals surface area contributed by atoms with E-state index in [0.29, 0.717) is 0 Å². The third kappa shape index (κ3) is 8.77. The Kier molecular flexibility index (Phi) is 9.01. The van der Waals surface area contributed by atoms with Gasteiger partial charge in [-0.1, -0.05) is 21.6 Å². The van der Waals surface area contributed by atoms with Crippen molar-refractivity contribution >= 4 is 45.3 Å². The van der Waals surface area contributed by atoms with Gasteiger partial charge >= 0.3 is 5.97 Å². The average Bonchev–Trinajstić information content (AvgIpc) is 2.30. The van der Waals surface area contributed by atoms with Crippen molar-refractivity contribution in [2.24, 2.45) is 5.73 Å². The molecule has 0 aromatic heterocycles. The number of carboxylic acid groups (broad SMARTS) is 1. The molecule has 0 radical (unpaired) electrons. The van der Waals surface area contributed by atoms with E-state index < -0.39 is 35.8 Å². The fourth-order valence-corrected chi connectivity index (χ4v) is 3.28. The summed E-state index contributed by atoms with van der Waals surface area (Å²) in [4.78, 5) is 43.9. The summed E-state index contributed by atoms with van der Waals surface area (Å²) in [6.45, 7) is 2.45. The number of nitrogens with one attached hydrogen (secondary N) is 2. The molecule has 8 nitrogen and oxygen atoms in total.